The summed E-state index contributed by atoms with van der Waals surface area (Å²) in [6.07, 6.45) is 3.72. The predicted octanol–water partition coefficient (Wildman–Crippen LogP) is -0.814. The number of hydrazine groups is 1. The van der Waals surface area contributed by atoms with Crippen molar-refractivity contribution in [3.8, 4) is 5.95 Å². The van der Waals surface area contributed by atoms with Crippen molar-refractivity contribution in [3.05, 3.63) is 12.7 Å². The van der Waals surface area contributed by atoms with Crippen molar-refractivity contribution in [2.45, 2.75) is 6.42 Å². The van der Waals surface area contributed by atoms with Gasteiger partial charge in [-0.25, -0.2) is 10.8 Å². The van der Waals surface area contributed by atoms with E-state index in [2.05, 4.69) is 35.8 Å². The smallest absolute Gasteiger partial charge is 0.258 e. The molecule has 0 aliphatic heterocycles. The molecule has 0 saturated heterocycles. The fourth-order valence-electron chi connectivity index (χ4n) is 1.34. The molecule has 0 aromatic carbocycles. The Balaban J connectivity index is 2.12. The van der Waals surface area contributed by atoms with Gasteiger partial charge >= 0.3 is 0 Å². The van der Waals surface area contributed by atoms with Crippen LogP contribution < -0.4 is 16.6 Å². The lowest BCUT2D eigenvalue weighted by atomic mass is 10.4. The molecule has 0 aliphatic rings. The number of anilines is 2. The van der Waals surface area contributed by atoms with Crippen molar-refractivity contribution >= 4 is 11.9 Å². The highest BCUT2D eigenvalue weighted by Gasteiger charge is 2.07. The summed E-state index contributed by atoms with van der Waals surface area (Å²) in [4.78, 5) is 16.2. The van der Waals surface area contributed by atoms with Crippen molar-refractivity contribution in [3.63, 3.8) is 0 Å². The number of hydrogen-bond acceptors (Lipinski definition) is 9. The molecule has 10 heteroatoms. The van der Waals surface area contributed by atoms with E-state index in [9.17, 15) is 0 Å². The molecule has 10 nitrogen and oxygen atoms in total. The van der Waals surface area contributed by atoms with Crippen LogP contribution in [0.15, 0.2) is 12.7 Å². The molecular weight excluding hydrogens is 250 g/mol. The van der Waals surface area contributed by atoms with E-state index in [1.54, 1.807) is 7.11 Å². The normalized spacial score (nSPS) is 10.4. The number of rotatable bonds is 7. The van der Waals surface area contributed by atoms with E-state index in [4.69, 9.17) is 10.6 Å². The minimum Gasteiger partial charge on any atom is -0.385 e. The monoisotopic (exact) mass is 265 g/mol. The van der Waals surface area contributed by atoms with Crippen LogP contribution in [0, 0.1) is 0 Å². The molecule has 2 aromatic rings. The Morgan fingerprint density at radius 3 is 2.84 bits per heavy atom. The standard InChI is InChI=1S/C9H15N9O/c1-19-4-2-3-12-7-14-8(17-10)16-9(15-7)18-6-11-5-13-18/h5-6H,2-4,10H2,1H3,(H2,12,14,15,16,17). The maximum atomic E-state index is 5.32. The highest BCUT2D eigenvalue weighted by molar-refractivity contribution is 5.36. The van der Waals surface area contributed by atoms with Gasteiger partial charge in [0.1, 0.15) is 12.7 Å². The van der Waals surface area contributed by atoms with E-state index in [1.807, 2.05) is 0 Å². The molecule has 102 valence electrons. The van der Waals surface area contributed by atoms with E-state index in [-0.39, 0.29) is 5.95 Å². The highest BCUT2D eigenvalue weighted by Crippen LogP contribution is 2.07. The van der Waals surface area contributed by atoms with Gasteiger partial charge in [0.25, 0.3) is 5.95 Å². The van der Waals surface area contributed by atoms with Gasteiger partial charge in [0.15, 0.2) is 0 Å². The Bertz CT molecular complexity index is 500. The van der Waals surface area contributed by atoms with Crippen LogP contribution in [-0.2, 0) is 4.74 Å². The highest BCUT2D eigenvalue weighted by atomic mass is 16.5. The number of methoxy groups -OCH3 is 1. The zero-order valence-electron chi connectivity index (χ0n) is 10.4. The fourth-order valence-corrected chi connectivity index (χ4v) is 1.34. The summed E-state index contributed by atoms with van der Waals surface area (Å²) >= 11 is 0. The van der Waals surface area contributed by atoms with Gasteiger partial charge in [-0.3, -0.25) is 5.43 Å². The topological polar surface area (TPSA) is 129 Å². The summed E-state index contributed by atoms with van der Waals surface area (Å²) in [5.41, 5.74) is 2.38. The van der Waals surface area contributed by atoms with Crippen LogP contribution in [0.3, 0.4) is 0 Å². The zero-order valence-corrected chi connectivity index (χ0v) is 10.4. The van der Waals surface area contributed by atoms with Crippen LogP contribution in [0.2, 0.25) is 0 Å². The predicted molar refractivity (Wildman–Crippen MR) is 67.5 cm³/mol. The molecule has 2 heterocycles. The van der Waals surface area contributed by atoms with Gasteiger partial charge < -0.3 is 10.1 Å². The molecule has 0 spiro atoms. The summed E-state index contributed by atoms with van der Waals surface area (Å²) in [5, 5.41) is 7.01. The SMILES string of the molecule is COCCCNc1nc(NN)nc(-n2cncn2)n1. The molecule has 0 aliphatic carbocycles. The molecule has 0 fully saturated rings. The average Bonchev–Trinajstić information content (AvgIpc) is 2.97. The second-order valence-corrected chi connectivity index (χ2v) is 3.54. The largest absolute Gasteiger partial charge is 0.385 e. The molecule has 0 unspecified atom stereocenters. The van der Waals surface area contributed by atoms with Crippen molar-refractivity contribution < 1.29 is 4.74 Å². The minimum atomic E-state index is 0.245. The van der Waals surface area contributed by atoms with Crippen LogP contribution in [0.5, 0.6) is 0 Å². The summed E-state index contributed by atoms with van der Waals surface area (Å²) in [7, 11) is 1.65. The third-order valence-electron chi connectivity index (χ3n) is 2.18. The number of nitrogens with one attached hydrogen (secondary N) is 2. The van der Waals surface area contributed by atoms with Crippen LogP contribution in [0.4, 0.5) is 11.9 Å². The summed E-state index contributed by atoms with van der Waals surface area (Å²) < 4.78 is 6.38. The van der Waals surface area contributed by atoms with E-state index >= 15 is 0 Å². The summed E-state index contributed by atoms with van der Waals surface area (Å²) in [6, 6.07) is 0. The molecule has 0 atom stereocenters. The van der Waals surface area contributed by atoms with Gasteiger partial charge in [-0.1, -0.05) is 0 Å². The lowest BCUT2D eigenvalue weighted by molar-refractivity contribution is 0.197. The first kappa shape index (κ1) is 13.1. The molecule has 0 radical (unpaired) electrons. The second kappa shape index (κ2) is 6.56. The Labute approximate surface area is 109 Å². The number of hydrogen-bond donors (Lipinski definition) is 3. The first-order valence-corrected chi connectivity index (χ1v) is 5.64. The fraction of sp³-hybridized carbons (Fsp3) is 0.444. The maximum Gasteiger partial charge on any atom is 0.258 e. The zero-order chi connectivity index (χ0) is 13.5. The average molecular weight is 265 g/mol. The van der Waals surface area contributed by atoms with Gasteiger partial charge in [-0.05, 0) is 6.42 Å². The van der Waals surface area contributed by atoms with E-state index in [0.717, 1.165) is 6.42 Å². The van der Waals surface area contributed by atoms with Gasteiger partial charge in [0.05, 0.1) is 0 Å². The van der Waals surface area contributed by atoms with Crippen molar-refractivity contribution in [2.24, 2.45) is 5.84 Å². The Morgan fingerprint density at radius 1 is 1.32 bits per heavy atom. The molecular formula is C9H15N9O. The first-order valence-electron chi connectivity index (χ1n) is 5.64. The van der Waals surface area contributed by atoms with Gasteiger partial charge in [0, 0.05) is 20.3 Å². The van der Waals surface area contributed by atoms with Crippen LogP contribution in [-0.4, -0.2) is 50.0 Å². The number of nitrogens with zero attached hydrogens (tertiary/aromatic N) is 6. The van der Waals surface area contributed by atoms with Crippen LogP contribution in [0.25, 0.3) is 5.95 Å². The van der Waals surface area contributed by atoms with E-state index < -0.39 is 0 Å². The van der Waals surface area contributed by atoms with Crippen LogP contribution in [0.1, 0.15) is 6.42 Å². The molecule has 2 aromatic heterocycles. The number of nitrogens with two attached hydrogens (primary N) is 1. The molecule has 4 N–H and O–H groups in total. The lowest BCUT2D eigenvalue weighted by Gasteiger charge is -2.07. The lowest BCUT2D eigenvalue weighted by Crippen LogP contribution is -2.16. The molecule has 0 amide bonds. The minimum absolute atomic E-state index is 0.245. The molecule has 0 bridgehead atoms. The summed E-state index contributed by atoms with van der Waals surface area (Å²) in [5.74, 6) is 6.30. The second-order valence-electron chi connectivity index (χ2n) is 3.54. The van der Waals surface area contributed by atoms with Gasteiger partial charge in [-0.2, -0.15) is 24.7 Å². The van der Waals surface area contributed by atoms with E-state index in [0.29, 0.717) is 25.0 Å². The first-order chi connectivity index (χ1) is 9.33. The quantitative estimate of drug-likeness (QED) is 0.334. The van der Waals surface area contributed by atoms with Crippen LogP contribution >= 0.6 is 0 Å². The molecule has 0 saturated carbocycles. The number of aromatic nitrogens is 6. The number of nitrogen functional groups attached to an aromatic ring is 1. The number of ether oxygens (including phenoxy) is 1. The molecule has 19 heavy (non-hydrogen) atoms. The molecule has 2 rings (SSSR count). The Kier molecular flexibility index (Phi) is 4.53. The Hall–Kier alpha value is -2.33. The third kappa shape index (κ3) is 3.56. The Morgan fingerprint density at radius 2 is 2.16 bits per heavy atom. The van der Waals surface area contributed by atoms with E-state index in [1.165, 1.54) is 17.3 Å². The van der Waals surface area contributed by atoms with Gasteiger partial charge in [0.2, 0.25) is 11.9 Å². The van der Waals surface area contributed by atoms with Crippen molar-refractivity contribution in [2.75, 3.05) is 31.0 Å². The summed E-state index contributed by atoms with van der Waals surface area (Å²) in [6.45, 7) is 1.34. The van der Waals surface area contributed by atoms with Crippen molar-refractivity contribution in [1.82, 2.24) is 29.7 Å². The van der Waals surface area contributed by atoms with Gasteiger partial charge in [-0.15, -0.1) is 0 Å². The third-order valence-corrected chi connectivity index (χ3v) is 2.18. The maximum absolute atomic E-state index is 5.32. The van der Waals surface area contributed by atoms with Crippen molar-refractivity contribution in [1.29, 1.82) is 0 Å².